The van der Waals surface area contributed by atoms with Gasteiger partial charge in [-0.3, -0.25) is 14.4 Å². The number of nitrogens with zero attached hydrogens (tertiary/aromatic N) is 3. The van der Waals surface area contributed by atoms with E-state index in [2.05, 4.69) is 29.5 Å². The highest BCUT2D eigenvalue weighted by Crippen LogP contribution is 2.28. The van der Waals surface area contributed by atoms with Crippen LogP contribution in [0.5, 0.6) is 0 Å². The van der Waals surface area contributed by atoms with Gasteiger partial charge in [-0.15, -0.1) is 0 Å². The molecule has 0 aromatic carbocycles. The molecule has 174 valence electrons. The quantitative estimate of drug-likeness (QED) is 0.579. The second-order valence-electron chi connectivity index (χ2n) is 9.09. The molecular formula is C25H31N5O3. The molecule has 2 amide bonds. The molecule has 2 unspecified atom stereocenters. The molecule has 0 spiro atoms. The largest absolute Gasteiger partial charge is 0.350 e. The van der Waals surface area contributed by atoms with Gasteiger partial charge in [-0.25, -0.2) is 4.98 Å². The van der Waals surface area contributed by atoms with Crippen molar-refractivity contribution < 1.29 is 9.59 Å². The Morgan fingerprint density at radius 1 is 1.30 bits per heavy atom. The van der Waals surface area contributed by atoms with Crippen LogP contribution < -0.4 is 16.2 Å². The van der Waals surface area contributed by atoms with Gasteiger partial charge in [0.15, 0.2) is 0 Å². The Balaban J connectivity index is 1.48. The number of rotatable bonds is 7. The van der Waals surface area contributed by atoms with Crippen LogP contribution in [0.2, 0.25) is 0 Å². The van der Waals surface area contributed by atoms with E-state index < -0.39 is 0 Å². The van der Waals surface area contributed by atoms with Crippen molar-refractivity contribution in [1.82, 2.24) is 19.3 Å². The number of nitrogens with one attached hydrogen (secondary N) is 2. The van der Waals surface area contributed by atoms with Crippen molar-refractivity contribution in [3.8, 4) is 0 Å². The maximum atomic E-state index is 13.1. The van der Waals surface area contributed by atoms with Gasteiger partial charge >= 0.3 is 0 Å². The van der Waals surface area contributed by atoms with Crippen molar-refractivity contribution in [2.24, 2.45) is 11.8 Å². The first-order valence-corrected chi connectivity index (χ1v) is 11.5. The van der Waals surface area contributed by atoms with Crippen molar-refractivity contribution in [3.05, 3.63) is 63.5 Å². The summed E-state index contributed by atoms with van der Waals surface area (Å²) in [6, 6.07) is 5.77. The normalized spacial score (nSPS) is 16.4. The van der Waals surface area contributed by atoms with Crippen LogP contribution in [0, 0.1) is 25.7 Å². The summed E-state index contributed by atoms with van der Waals surface area (Å²) in [7, 11) is 0. The molecule has 0 saturated heterocycles. The SMILES string of the molecule is CCC(C)CC1Cc2cc(C)n(CC(=O)NCc3ccc4nccn4c3C)c(=O)c2NC1=O. The zero-order chi connectivity index (χ0) is 23.7. The number of aryl methyl sites for hydroxylation is 2. The fourth-order valence-corrected chi connectivity index (χ4v) is 4.50. The average molecular weight is 450 g/mol. The molecule has 3 aromatic rings. The molecule has 0 bridgehead atoms. The van der Waals surface area contributed by atoms with Crippen LogP contribution in [0.4, 0.5) is 5.69 Å². The lowest BCUT2D eigenvalue weighted by Crippen LogP contribution is -2.39. The van der Waals surface area contributed by atoms with Crippen LogP contribution >= 0.6 is 0 Å². The van der Waals surface area contributed by atoms with E-state index in [-0.39, 0.29) is 29.8 Å². The molecule has 33 heavy (non-hydrogen) atoms. The van der Waals surface area contributed by atoms with Crippen molar-refractivity contribution in [3.63, 3.8) is 0 Å². The number of carbonyl (C=O) groups is 2. The lowest BCUT2D eigenvalue weighted by atomic mass is 9.85. The van der Waals surface area contributed by atoms with E-state index in [4.69, 9.17) is 0 Å². The number of fused-ring (bicyclic) bond motifs is 2. The summed E-state index contributed by atoms with van der Waals surface area (Å²) in [6.07, 6.45) is 6.00. The topological polar surface area (TPSA) is 97.5 Å². The summed E-state index contributed by atoms with van der Waals surface area (Å²) < 4.78 is 3.40. The molecule has 8 heteroatoms. The van der Waals surface area contributed by atoms with Crippen LogP contribution in [0.3, 0.4) is 0 Å². The Hall–Kier alpha value is -3.42. The number of imidazole rings is 1. The van der Waals surface area contributed by atoms with Crippen molar-refractivity contribution >= 4 is 23.1 Å². The predicted octanol–water partition coefficient (Wildman–Crippen LogP) is 2.98. The lowest BCUT2D eigenvalue weighted by Gasteiger charge is -2.27. The van der Waals surface area contributed by atoms with E-state index >= 15 is 0 Å². The summed E-state index contributed by atoms with van der Waals surface area (Å²) in [6.45, 7) is 8.31. The van der Waals surface area contributed by atoms with Gasteiger partial charge in [0.05, 0.1) is 0 Å². The van der Waals surface area contributed by atoms with Crippen LogP contribution in [-0.2, 0) is 29.1 Å². The summed E-state index contributed by atoms with van der Waals surface area (Å²) in [5, 5.41) is 5.72. The molecule has 3 aromatic heterocycles. The number of hydrogen-bond donors (Lipinski definition) is 2. The highest BCUT2D eigenvalue weighted by atomic mass is 16.2. The number of aromatic nitrogens is 3. The second kappa shape index (κ2) is 9.21. The number of anilines is 1. The molecule has 4 heterocycles. The van der Waals surface area contributed by atoms with E-state index in [0.717, 1.165) is 35.3 Å². The first-order valence-electron chi connectivity index (χ1n) is 11.5. The number of pyridine rings is 2. The van der Waals surface area contributed by atoms with Crippen molar-refractivity contribution in [2.75, 3.05) is 5.32 Å². The second-order valence-corrected chi connectivity index (χ2v) is 9.09. The van der Waals surface area contributed by atoms with Gasteiger partial charge < -0.3 is 19.6 Å². The minimum atomic E-state index is -0.327. The Morgan fingerprint density at radius 2 is 2.09 bits per heavy atom. The molecule has 2 atom stereocenters. The van der Waals surface area contributed by atoms with E-state index in [1.54, 1.807) is 6.20 Å². The van der Waals surface area contributed by atoms with Crippen LogP contribution in [0.1, 0.15) is 49.2 Å². The van der Waals surface area contributed by atoms with Gasteiger partial charge in [0.2, 0.25) is 11.8 Å². The zero-order valence-electron chi connectivity index (χ0n) is 19.6. The van der Waals surface area contributed by atoms with Gasteiger partial charge in [0.1, 0.15) is 17.9 Å². The summed E-state index contributed by atoms with van der Waals surface area (Å²) in [5.74, 6) is -0.0424. The molecule has 8 nitrogen and oxygen atoms in total. The van der Waals surface area contributed by atoms with Crippen molar-refractivity contribution in [1.29, 1.82) is 0 Å². The fraction of sp³-hybridized carbons (Fsp3) is 0.440. The van der Waals surface area contributed by atoms with Crippen LogP contribution in [-0.4, -0.2) is 25.8 Å². The Bertz CT molecular complexity index is 1270. The average Bonchev–Trinajstić information content (AvgIpc) is 3.27. The molecule has 2 N–H and O–H groups in total. The van der Waals surface area contributed by atoms with Gasteiger partial charge in [-0.2, -0.15) is 0 Å². The Labute approximate surface area is 193 Å². The summed E-state index contributed by atoms with van der Waals surface area (Å²) in [4.78, 5) is 42.6. The minimum Gasteiger partial charge on any atom is -0.350 e. The predicted molar refractivity (Wildman–Crippen MR) is 127 cm³/mol. The Morgan fingerprint density at radius 3 is 2.85 bits per heavy atom. The monoisotopic (exact) mass is 449 g/mol. The highest BCUT2D eigenvalue weighted by Gasteiger charge is 2.30. The molecule has 0 aliphatic carbocycles. The smallest absolute Gasteiger partial charge is 0.275 e. The van der Waals surface area contributed by atoms with Crippen LogP contribution in [0.25, 0.3) is 5.65 Å². The van der Waals surface area contributed by atoms with Crippen LogP contribution in [0.15, 0.2) is 35.4 Å². The minimum absolute atomic E-state index is 0.101. The molecule has 1 aliphatic rings. The van der Waals surface area contributed by atoms with Gasteiger partial charge in [0.25, 0.3) is 5.56 Å². The van der Waals surface area contributed by atoms with E-state index in [0.29, 0.717) is 30.3 Å². The molecular weight excluding hydrogens is 418 g/mol. The van der Waals surface area contributed by atoms with Gasteiger partial charge in [-0.1, -0.05) is 26.3 Å². The number of amides is 2. The van der Waals surface area contributed by atoms with E-state index in [1.165, 1.54) is 4.57 Å². The molecule has 4 rings (SSSR count). The van der Waals surface area contributed by atoms with E-state index in [1.807, 2.05) is 42.6 Å². The highest BCUT2D eigenvalue weighted by molar-refractivity contribution is 5.95. The standard InChI is InChI=1S/C25H31N5O3/c1-5-15(2)10-20-12-19-11-16(3)30(25(33)23(19)28-24(20)32)14-22(31)27-13-18-6-7-21-26-8-9-29(21)17(18)4/h6-9,11,15,20H,5,10,12-14H2,1-4H3,(H,27,31)(H,28,32). The third-order valence-electron chi connectivity index (χ3n) is 6.76. The molecule has 0 radical (unpaired) electrons. The summed E-state index contributed by atoms with van der Waals surface area (Å²) in [5.41, 5.74) is 4.37. The third-order valence-corrected chi connectivity index (χ3v) is 6.76. The Kier molecular flexibility index (Phi) is 6.35. The summed E-state index contributed by atoms with van der Waals surface area (Å²) >= 11 is 0. The first-order chi connectivity index (χ1) is 15.8. The first kappa shape index (κ1) is 22.8. The third kappa shape index (κ3) is 4.55. The molecule has 0 saturated carbocycles. The van der Waals surface area contributed by atoms with E-state index in [9.17, 15) is 14.4 Å². The van der Waals surface area contributed by atoms with Gasteiger partial charge in [0, 0.05) is 36.2 Å². The molecule has 0 fully saturated rings. The lowest BCUT2D eigenvalue weighted by molar-refractivity contribution is -0.122. The zero-order valence-corrected chi connectivity index (χ0v) is 19.6. The van der Waals surface area contributed by atoms with Gasteiger partial charge in [-0.05, 0) is 55.9 Å². The number of carbonyl (C=O) groups excluding carboxylic acids is 2. The molecule has 1 aliphatic heterocycles. The van der Waals surface area contributed by atoms with Crippen molar-refractivity contribution in [2.45, 2.75) is 60.0 Å². The maximum Gasteiger partial charge on any atom is 0.275 e. The number of hydrogen-bond acceptors (Lipinski definition) is 4. The maximum absolute atomic E-state index is 13.1. The fourth-order valence-electron chi connectivity index (χ4n) is 4.50.